The molecule has 1 fully saturated rings. The van der Waals surface area contributed by atoms with Crippen LogP contribution in [0.4, 0.5) is 0 Å². The lowest BCUT2D eigenvalue weighted by molar-refractivity contribution is 0.0802. The number of rotatable bonds is 5. The molecule has 0 bridgehead atoms. The molecular formula is C17H24N4O2. The Labute approximate surface area is 136 Å². The molecule has 3 rings (SSSR count). The number of β-amino-alcohol motifs (C(OH)–C–C–N with tert-alkyl or cyclic N) is 1. The maximum Gasteiger partial charge on any atom is 0.247 e. The number of aromatic nitrogens is 2. The Hall–Kier alpha value is -1.76. The van der Waals surface area contributed by atoms with Crippen molar-refractivity contribution >= 4 is 0 Å². The first kappa shape index (κ1) is 16.1. The molecule has 1 N–H and O–H groups in total. The van der Waals surface area contributed by atoms with Crippen LogP contribution in [-0.4, -0.2) is 64.4 Å². The summed E-state index contributed by atoms with van der Waals surface area (Å²) in [4.78, 5) is 4.62. The highest BCUT2D eigenvalue weighted by atomic mass is 16.4. The molecule has 1 aliphatic heterocycles. The first-order valence-corrected chi connectivity index (χ1v) is 8.15. The molecule has 1 saturated heterocycles. The summed E-state index contributed by atoms with van der Waals surface area (Å²) in [5.41, 5.74) is 2.14. The molecule has 0 amide bonds. The molecule has 0 radical (unpaired) electrons. The highest BCUT2D eigenvalue weighted by Gasteiger charge is 2.25. The zero-order valence-electron chi connectivity index (χ0n) is 13.8. The fourth-order valence-corrected chi connectivity index (χ4v) is 2.97. The number of aliphatic hydroxyl groups is 1. The van der Waals surface area contributed by atoms with Gasteiger partial charge in [0, 0.05) is 38.3 Å². The molecule has 2 heterocycles. The van der Waals surface area contributed by atoms with Crippen molar-refractivity contribution in [2.24, 2.45) is 0 Å². The van der Waals surface area contributed by atoms with E-state index in [1.54, 1.807) is 0 Å². The van der Waals surface area contributed by atoms with Crippen LogP contribution in [0.15, 0.2) is 28.7 Å². The summed E-state index contributed by atoms with van der Waals surface area (Å²) in [5, 5.41) is 17.5. The normalized spacial score (nSPS) is 18.2. The van der Waals surface area contributed by atoms with Gasteiger partial charge in [0.25, 0.3) is 0 Å². The lowest BCUT2D eigenvalue weighted by Gasteiger charge is -2.36. The molecule has 1 aromatic carbocycles. The van der Waals surface area contributed by atoms with Crippen LogP contribution in [0.3, 0.4) is 0 Å². The number of hydrogen-bond acceptors (Lipinski definition) is 6. The van der Waals surface area contributed by atoms with Gasteiger partial charge in [-0.05, 0) is 26.0 Å². The van der Waals surface area contributed by atoms with E-state index in [1.807, 2.05) is 12.1 Å². The van der Waals surface area contributed by atoms with Gasteiger partial charge in [0.2, 0.25) is 11.8 Å². The molecule has 23 heavy (non-hydrogen) atoms. The first-order valence-electron chi connectivity index (χ1n) is 8.15. The van der Waals surface area contributed by atoms with Crippen molar-refractivity contribution in [3.05, 3.63) is 35.7 Å². The lowest BCUT2D eigenvalue weighted by atomic mass is 10.1. The van der Waals surface area contributed by atoms with Gasteiger partial charge in [0.1, 0.15) is 0 Å². The Morgan fingerprint density at radius 2 is 2.00 bits per heavy atom. The monoisotopic (exact) mass is 316 g/mol. The van der Waals surface area contributed by atoms with E-state index in [0.29, 0.717) is 11.8 Å². The Morgan fingerprint density at radius 1 is 1.22 bits per heavy atom. The van der Waals surface area contributed by atoms with E-state index in [0.717, 1.165) is 38.3 Å². The Bertz CT molecular complexity index is 635. The molecule has 1 atom stereocenters. The van der Waals surface area contributed by atoms with Gasteiger partial charge in [-0.25, -0.2) is 0 Å². The van der Waals surface area contributed by atoms with Crippen LogP contribution in [0.5, 0.6) is 0 Å². The lowest BCUT2D eigenvalue weighted by Crippen LogP contribution is -2.47. The molecule has 1 aromatic heterocycles. The van der Waals surface area contributed by atoms with Crippen molar-refractivity contribution in [1.29, 1.82) is 0 Å². The highest BCUT2D eigenvalue weighted by molar-refractivity contribution is 5.53. The summed E-state index contributed by atoms with van der Waals surface area (Å²) in [6.07, 6.45) is 0. The van der Waals surface area contributed by atoms with Crippen LogP contribution in [0.25, 0.3) is 11.5 Å². The van der Waals surface area contributed by atoms with E-state index in [9.17, 15) is 0 Å². The number of hydrogen-bond donors (Lipinski definition) is 1. The predicted octanol–water partition coefficient (Wildman–Crippen LogP) is 1.72. The van der Waals surface area contributed by atoms with E-state index >= 15 is 0 Å². The van der Waals surface area contributed by atoms with Crippen LogP contribution < -0.4 is 0 Å². The number of piperazine rings is 1. The van der Waals surface area contributed by atoms with E-state index in [4.69, 9.17) is 9.52 Å². The van der Waals surface area contributed by atoms with Crippen molar-refractivity contribution in [3.63, 3.8) is 0 Å². The highest BCUT2D eigenvalue weighted by Crippen LogP contribution is 2.25. The summed E-state index contributed by atoms with van der Waals surface area (Å²) < 4.78 is 5.90. The van der Waals surface area contributed by atoms with Gasteiger partial charge in [0.15, 0.2) is 0 Å². The van der Waals surface area contributed by atoms with Gasteiger partial charge in [0.05, 0.1) is 12.6 Å². The third-order valence-electron chi connectivity index (χ3n) is 4.43. The third-order valence-corrected chi connectivity index (χ3v) is 4.43. The average Bonchev–Trinajstić information content (AvgIpc) is 3.05. The molecule has 2 aromatic rings. The maximum absolute atomic E-state index is 9.01. The number of aliphatic hydroxyl groups excluding tert-OH is 1. The van der Waals surface area contributed by atoms with Crippen molar-refractivity contribution in [2.75, 3.05) is 39.3 Å². The van der Waals surface area contributed by atoms with E-state index in [2.05, 4.69) is 46.0 Å². The second-order valence-corrected chi connectivity index (χ2v) is 6.09. The smallest absolute Gasteiger partial charge is 0.247 e. The van der Waals surface area contributed by atoms with Gasteiger partial charge in [-0.2, -0.15) is 0 Å². The molecule has 6 nitrogen and oxygen atoms in total. The summed E-state index contributed by atoms with van der Waals surface area (Å²) in [6, 6.07) is 8.20. The number of nitrogens with zero attached hydrogens (tertiary/aromatic N) is 4. The minimum absolute atomic E-state index is 0.109. The second-order valence-electron chi connectivity index (χ2n) is 6.09. The molecule has 6 heteroatoms. The van der Waals surface area contributed by atoms with Crippen molar-refractivity contribution in [1.82, 2.24) is 20.0 Å². The largest absolute Gasteiger partial charge is 0.419 e. The average molecular weight is 316 g/mol. The summed E-state index contributed by atoms with van der Waals surface area (Å²) in [7, 11) is 0. The van der Waals surface area contributed by atoms with Gasteiger partial charge in [-0.3, -0.25) is 9.80 Å². The SMILES string of the molecule is Cc1cccc(-c2nnc([C@@H](C)N3CCN(CCO)CC3)o2)c1. The van der Waals surface area contributed by atoms with Gasteiger partial charge in [-0.1, -0.05) is 17.7 Å². The molecule has 0 aliphatic carbocycles. The van der Waals surface area contributed by atoms with Crippen molar-refractivity contribution < 1.29 is 9.52 Å². The summed E-state index contributed by atoms with van der Waals surface area (Å²) in [6.45, 7) is 8.95. The second kappa shape index (κ2) is 7.21. The molecule has 0 unspecified atom stereocenters. The van der Waals surface area contributed by atoms with Gasteiger partial charge in [-0.15, -0.1) is 10.2 Å². The minimum atomic E-state index is 0.109. The molecular weight excluding hydrogens is 292 g/mol. The van der Waals surface area contributed by atoms with Crippen LogP contribution in [0, 0.1) is 6.92 Å². The molecule has 1 aliphatic rings. The van der Waals surface area contributed by atoms with Crippen molar-refractivity contribution in [2.45, 2.75) is 19.9 Å². The predicted molar refractivity (Wildman–Crippen MR) is 88.0 cm³/mol. The fraction of sp³-hybridized carbons (Fsp3) is 0.529. The first-order chi connectivity index (χ1) is 11.2. The zero-order chi connectivity index (χ0) is 16.2. The van der Waals surface area contributed by atoms with E-state index in [1.165, 1.54) is 5.56 Å². The van der Waals surface area contributed by atoms with E-state index in [-0.39, 0.29) is 12.6 Å². The fourth-order valence-electron chi connectivity index (χ4n) is 2.97. The van der Waals surface area contributed by atoms with Gasteiger partial charge < -0.3 is 9.52 Å². The molecule has 124 valence electrons. The summed E-state index contributed by atoms with van der Waals surface area (Å²) in [5.74, 6) is 1.24. The van der Waals surface area contributed by atoms with Crippen LogP contribution in [-0.2, 0) is 0 Å². The maximum atomic E-state index is 9.01. The number of aryl methyl sites for hydroxylation is 1. The van der Waals surface area contributed by atoms with Crippen LogP contribution in [0.1, 0.15) is 24.4 Å². The Kier molecular flexibility index (Phi) is 5.05. The van der Waals surface area contributed by atoms with Crippen LogP contribution in [0.2, 0.25) is 0 Å². The molecule has 0 spiro atoms. The minimum Gasteiger partial charge on any atom is -0.419 e. The summed E-state index contributed by atoms with van der Waals surface area (Å²) >= 11 is 0. The topological polar surface area (TPSA) is 65.6 Å². The Morgan fingerprint density at radius 3 is 2.70 bits per heavy atom. The molecule has 0 saturated carbocycles. The Balaban J connectivity index is 1.66. The third kappa shape index (κ3) is 3.77. The zero-order valence-corrected chi connectivity index (χ0v) is 13.8. The standard InChI is InChI=1S/C17H24N4O2/c1-13-4-3-5-15(12-13)17-19-18-16(23-17)14(2)21-8-6-20(7-9-21)10-11-22/h3-5,12,14,22H,6-11H2,1-2H3/t14-/m1/s1. The number of benzene rings is 1. The van der Waals surface area contributed by atoms with E-state index < -0.39 is 0 Å². The quantitative estimate of drug-likeness (QED) is 0.906. The van der Waals surface area contributed by atoms with Crippen LogP contribution >= 0.6 is 0 Å². The van der Waals surface area contributed by atoms with Gasteiger partial charge >= 0.3 is 0 Å². The van der Waals surface area contributed by atoms with Crippen molar-refractivity contribution in [3.8, 4) is 11.5 Å².